The van der Waals surface area contributed by atoms with Crippen molar-refractivity contribution in [1.29, 1.82) is 5.26 Å². The van der Waals surface area contributed by atoms with Gasteiger partial charge in [0.25, 0.3) is 0 Å². The van der Waals surface area contributed by atoms with Crippen molar-refractivity contribution in [2.24, 2.45) is 5.84 Å². The van der Waals surface area contributed by atoms with Gasteiger partial charge in [0.05, 0.1) is 24.7 Å². The number of nitrogens with two attached hydrogens (primary N) is 1. The molecule has 0 atom stereocenters. The van der Waals surface area contributed by atoms with Crippen molar-refractivity contribution < 1.29 is 9.53 Å². The second-order valence-corrected chi connectivity index (χ2v) is 3.72. The first-order valence-electron chi connectivity index (χ1n) is 5.22. The quantitative estimate of drug-likeness (QED) is 0.460. The molecule has 0 fully saturated rings. The summed E-state index contributed by atoms with van der Waals surface area (Å²) in [6.07, 6.45) is 0.204. The third-order valence-corrected chi connectivity index (χ3v) is 2.33. The molecule has 1 aromatic carbocycles. The summed E-state index contributed by atoms with van der Waals surface area (Å²) in [6.45, 7) is 4.00. The number of nitrogens with one attached hydrogen (secondary N) is 1. The Morgan fingerprint density at radius 3 is 2.53 bits per heavy atom. The molecule has 0 bridgehead atoms. The lowest BCUT2D eigenvalue weighted by molar-refractivity contribution is -0.121. The van der Waals surface area contributed by atoms with E-state index in [1.807, 2.05) is 19.3 Å². The minimum Gasteiger partial charge on any atom is -0.493 e. The normalized spacial score (nSPS) is 9.53. The van der Waals surface area contributed by atoms with Crippen molar-refractivity contribution >= 4 is 5.91 Å². The number of carbonyl (C=O) groups excluding carboxylic acids is 1. The van der Waals surface area contributed by atoms with Gasteiger partial charge in [0.1, 0.15) is 5.75 Å². The third kappa shape index (κ3) is 3.47. The summed E-state index contributed by atoms with van der Waals surface area (Å²) in [5.74, 6) is 5.41. The molecule has 17 heavy (non-hydrogen) atoms. The predicted octanol–water partition coefficient (Wildman–Crippen LogP) is 0.934. The van der Waals surface area contributed by atoms with Gasteiger partial charge in [0, 0.05) is 0 Å². The fourth-order valence-electron chi connectivity index (χ4n) is 1.56. The summed E-state index contributed by atoms with van der Waals surface area (Å²) in [5, 5.41) is 8.80. The van der Waals surface area contributed by atoms with Crippen LogP contribution < -0.4 is 16.0 Å². The Morgan fingerprint density at radius 2 is 2.06 bits per heavy atom. The first-order valence-corrected chi connectivity index (χ1v) is 5.22. The molecule has 0 aromatic heterocycles. The Labute approximate surface area is 100 Å². The highest BCUT2D eigenvalue weighted by atomic mass is 16.5. The molecule has 0 radical (unpaired) electrons. The number of nitrogens with zero attached hydrogens (tertiary/aromatic N) is 1. The van der Waals surface area contributed by atoms with Crippen molar-refractivity contribution in [3.05, 3.63) is 28.8 Å². The highest BCUT2D eigenvalue weighted by molar-refractivity contribution is 5.75. The maximum Gasteiger partial charge on any atom is 0.237 e. The topological polar surface area (TPSA) is 88.1 Å². The number of amides is 1. The van der Waals surface area contributed by atoms with E-state index in [2.05, 4.69) is 6.07 Å². The molecule has 1 rings (SSSR count). The van der Waals surface area contributed by atoms with Gasteiger partial charge in [-0.2, -0.15) is 5.26 Å². The van der Waals surface area contributed by atoms with Crippen LogP contribution in [0.15, 0.2) is 12.1 Å². The van der Waals surface area contributed by atoms with Crippen LogP contribution in [0.5, 0.6) is 5.75 Å². The van der Waals surface area contributed by atoms with Crippen LogP contribution in [0.2, 0.25) is 0 Å². The molecule has 1 aromatic rings. The Morgan fingerprint density at radius 1 is 1.47 bits per heavy atom. The van der Waals surface area contributed by atoms with Crippen LogP contribution in [0, 0.1) is 25.2 Å². The summed E-state index contributed by atoms with van der Waals surface area (Å²) >= 11 is 0. The van der Waals surface area contributed by atoms with E-state index < -0.39 is 0 Å². The van der Waals surface area contributed by atoms with Gasteiger partial charge >= 0.3 is 0 Å². The maximum absolute atomic E-state index is 10.9. The number of hydrogen-bond acceptors (Lipinski definition) is 4. The van der Waals surface area contributed by atoms with E-state index in [0.29, 0.717) is 11.3 Å². The van der Waals surface area contributed by atoms with Crippen LogP contribution in [-0.4, -0.2) is 12.5 Å². The second kappa shape index (κ2) is 5.87. The summed E-state index contributed by atoms with van der Waals surface area (Å²) < 4.78 is 5.51. The fourth-order valence-corrected chi connectivity index (χ4v) is 1.56. The SMILES string of the molecule is Cc1cc(C#N)cc(C)c1OCCC(=O)NN. The zero-order valence-corrected chi connectivity index (χ0v) is 9.91. The number of carbonyl (C=O) groups is 1. The Kier molecular flexibility index (Phi) is 4.49. The van der Waals surface area contributed by atoms with E-state index in [1.165, 1.54) is 0 Å². The number of hydrazine groups is 1. The standard InChI is InChI=1S/C12H15N3O2/c1-8-5-10(7-13)6-9(2)12(8)17-4-3-11(16)15-14/h5-6H,3-4,14H2,1-2H3,(H,15,16). The van der Waals surface area contributed by atoms with Gasteiger partial charge in [-0.15, -0.1) is 0 Å². The lowest BCUT2D eigenvalue weighted by Crippen LogP contribution is -2.31. The number of hydrogen-bond donors (Lipinski definition) is 2. The fraction of sp³-hybridized carbons (Fsp3) is 0.333. The van der Waals surface area contributed by atoms with Crippen molar-refractivity contribution in [2.75, 3.05) is 6.61 Å². The molecule has 0 saturated heterocycles. The van der Waals surface area contributed by atoms with E-state index in [1.54, 1.807) is 12.1 Å². The first kappa shape index (κ1) is 13.0. The molecule has 5 heteroatoms. The molecule has 1 amide bonds. The lowest BCUT2D eigenvalue weighted by Gasteiger charge is -2.12. The zero-order valence-electron chi connectivity index (χ0n) is 9.91. The van der Waals surface area contributed by atoms with Crippen LogP contribution >= 0.6 is 0 Å². The maximum atomic E-state index is 10.9. The monoisotopic (exact) mass is 233 g/mol. The molecule has 0 spiro atoms. The summed E-state index contributed by atoms with van der Waals surface area (Å²) in [7, 11) is 0. The van der Waals surface area contributed by atoms with Gasteiger partial charge in [0.15, 0.2) is 0 Å². The Balaban J connectivity index is 2.72. The van der Waals surface area contributed by atoms with E-state index in [-0.39, 0.29) is 18.9 Å². The van der Waals surface area contributed by atoms with Crippen LogP contribution in [0.25, 0.3) is 0 Å². The molecule has 0 aliphatic rings. The lowest BCUT2D eigenvalue weighted by atomic mass is 10.1. The minimum atomic E-state index is -0.269. The number of aryl methyl sites for hydroxylation is 2. The summed E-state index contributed by atoms with van der Waals surface area (Å²) in [4.78, 5) is 10.9. The predicted molar refractivity (Wildman–Crippen MR) is 63.1 cm³/mol. The molecule has 0 saturated carbocycles. The molecule has 0 aliphatic heterocycles. The largest absolute Gasteiger partial charge is 0.493 e. The number of benzene rings is 1. The smallest absolute Gasteiger partial charge is 0.237 e. The molecule has 5 nitrogen and oxygen atoms in total. The molecule has 0 heterocycles. The molecular formula is C12H15N3O2. The van der Waals surface area contributed by atoms with E-state index in [4.69, 9.17) is 15.8 Å². The minimum absolute atomic E-state index is 0.204. The highest BCUT2D eigenvalue weighted by Crippen LogP contribution is 2.24. The zero-order chi connectivity index (χ0) is 12.8. The van der Waals surface area contributed by atoms with Crippen molar-refractivity contribution in [3.8, 4) is 11.8 Å². The summed E-state index contributed by atoms with van der Waals surface area (Å²) in [6, 6.07) is 5.59. The molecule has 3 N–H and O–H groups in total. The van der Waals surface area contributed by atoms with E-state index in [0.717, 1.165) is 11.1 Å². The van der Waals surface area contributed by atoms with E-state index >= 15 is 0 Å². The highest BCUT2D eigenvalue weighted by Gasteiger charge is 2.07. The Hall–Kier alpha value is -2.06. The number of nitriles is 1. The Bertz CT molecular complexity index is 440. The second-order valence-electron chi connectivity index (χ2n) is 3.72. The van der Waals surface area contributed by atoms with Crippen LogP contribution in [0.1, 0.15) is 23.1 Å². The molecule has 0 aliphatic carbocycles. The van der Waals surface area contributed by atoms with Crippen LogP contribution in [0.4, 0.5) is 0 Å². The van der Waals surface area contributed by atoms with Gasteiger partial charge in [0.2, 0.25) is 5.91 Å². The molecule has 90 valence electrons. The van der Waals surface area contributed by atoms with Gasteiger partial charge in [-0.1, -0.05) is 0 Å². The van der Waals surface area contributed by atoms with Crippen molar-refractivity contribution in [2.45, 2.75) is 20.3 Å². The van der Waals surface area contributed by atoms with Gasteiger partial charge < -0.3 is 4.74 Å². The van der Waals surface area contributed by atoms with Crippen LogP contribution in [-0.2, 0) is 4.79 Å². The van der Waals surface area contributed by atoms with Crippen molar-refractivity contribution in [3.63, 3.8) is 0 Å². The first-order chi connectivity index (χ1) is 8.08. The molecular weight excluding hydrogens is 218 g/mol. The number of rotatable bonds is 4. The average Bonchev–Trinajstić information content (AvgIpc) is 2.31. The van der Waals surface area contributed by atoms with Gasteiger partial charge in [-0.25, -0.2) is 5.84 Å². The van der Waals surface area contributed by atoms with Gasteiger partial charge in [-0.3, -0.25) is 10.2 Å². The van der Waals surface area contributed by atoms with Gasteiger partial charge in [-0.05, 0) is 37.1 Å². The summed E-state index contributed by atoms with van der Waals surface area (Å²) in [5.41, 5.74) is 4.41. The molecule has 0 unspecified atom stereocenters. The third-order valence-electron chi connectivity index (χ3n) is 2.33. The average molecular weight is 233 g/mol. The number of ether oxygens (including phenoxy) is 1. The van der Waals surface area contributed by atoms with Crippen molar-refractivity contribution in [1.82, 2.24) is 5.43 Å². The van der Waals surface area contributed by atoms with Crippen LogP contribution in [0.3, 0.4) is 0 Å². The van der Waals surface area contributed by atoms with E-state index in [9.17, 15) is 4.79 Å².